The number of rotatable bonds is 5. The molecule has 156 valence electrons. The molecule has 1 aromatic rings. The van der Waals surface area contributed by atoms with Crippen molar-refractivity contribution in [1.29, 1.82) is 0 Å². The van der Waals surface area contributed by atoms with E-state index >= 15 is 0 Å². The van der Waals surface area contributed by atoms with E-state index < -0.39 is 27.8 Å². The molecule has 0 unspecified atom stereocenters. The quantitative estimate of drug-likeness (QED) is 0.699. The van der Waals surface area contributed by atoms with Crippen molar-refractivity contribution in [2.24, 2.45) is 23.7 Å². The molecule has 8 nitrogen and oxygen atoms in total. The zero-order chi connectivity index (χ0) is 20.6. The van der Waals surface area contributed by atoms with E-state index in [1.54, 1.807) is 12.1 Å². The number of morpholine rings is 1. The first-order valence-corrected chi connectivity index (χ1v) is 11.2. The van der Waals surface area contributed by atoms with E-state index in [2.05, 4.69) is 5.32 Å². The van der Waals surface area contributed by atoms with Crippen LogP contribution in [0, 0.1) is 23.7 Å². The summed E-state index contributed by atoms with van der Waals surface area (Å²) in [5.74, 6) is -3.00. The maximum atomic E-state index is 13.0. The minimum atomic E-state index is -3.68. The van der Waals surface area contributed by atoms with Crippen molar-refractivity contribution in [2.45, 2.75) is 17.7 Å². The maximum Gasteiger partial charge on any atom is 0.307 e. The number of carboxylic acids is 1. The fourth-order valence-electron chi connectivity index (χ4n) is 4.58. The second-order valence-corrected chi connectivity index (χ2v) is 9.65. The van der Waals surface area contributed by atoms with E-state index in [9.17, 15) is 23.1 Å². The molecule has 0 radical (unpaired) electrons. The number of aliphatic carboxylic acids is 1. The first kappa shape index (κ1) is 20.1. The van der Waals surface area contributed by atoms with Crippen LogP contribution < -0.4 is 5.32 Å². The lowest BCUT2D eigenvalue weighted by Crippen LogP contribution is -2.47. The summed E-state index contributed by atoms with van der Waals surface area (Å²) in [4.78, 5) is 24.8. The van der Waals surface area contributed by atoms with Gasteiger partial charge in [-0.2, -0.15) is 4.31 Å². The van der Waals surface area contributed by atoms with Gasteiger partial charge in [0.25, 0.3) is 0 Å². The lowest BCUT2D eigenvalue weighted by molar-refractivity contribution is -0.151. The third-order valence-corrected chi connectivity index (χ3v) is 7.94. The van der Waals surface area contributed by atoms with Gasteiger partial charge in [0.2, 0.25) is 15.9 Å². The van der Waals surface area contributed by atoms with Crippen LogP contribution in [0.1, 0.15) is 12.8 Å². The van der Waals surface area contributed by atoms with Gasteiger partial charge >= 0.3 is 5.97 Å². The largest absolute Gasteiger partial charge is 0.481 e. The molecule has 2 bridgehead atoms. The maximum absolute atomic E-state index is 13.0. The lowest BCUT2D eigenvalue weighted by Gasteiger charge is -2.41. The predicted octanol–water partition coefficient (Wildman–Crippen LogP) is 1.56. The number of hydrogen-bond donors (Lipinski definition) is 2. The number of hydrogen-bond acceptors (Lipinski definition) is 5. The third-order valence-electron chi connectivity index (χ3n) is 6.05. The van der Waals surface area contributed by atoms with E-state index in [-0.39, 0.29) is 35.7 Å². The molecule has 1 aliphatic heterocycles. The summed E-state index contributed by atoms with van der Waals surface area (Å²) >= 11 is 0. The number of sulfonamides is 1. The second kappa shape index (κ2) is 7.89. The van der Waals surface area contributed by atoms with Crippen molar-refractivity contribution in [3.8, 4) is 0 Å². The minimum absolute atomic E-state index is 0.0945. The van der Waals surface area contributed by atoms with Crippen molar-refractivity contribution in [3.63, 3.8) is 0 Å². The van der Waals surface area contributed by atoms with E-state index in [0.29, 0.717) is 18.9 Å². The molecule has 1 heterocycles. The number of amides is 1. The van der Waals surface area contributed by atoms with Crippen LogP contribution in [-0.4, -0.2) is 56.0 Å². The van der Waals surface area contributed by atoms with Crippen molar-refractivity contribution in [1.82, 2.24) is 4.31 Å². The number of allylic oxidation sites excluding steroid dienone is 2. The standard InChI is InChI=1S/C20H24N2O6S/c23-19(17-13-4-6-14(7-5-13)18(17)20(24)25)21-15-2-1-3-16(12-15)29(26,27)22-8-10-28-11-9-22/h1-4,6,12-14,17-18H,5,7-11H2,(H,21,23)(H,24,25)/t13-,14-,17-,18-/m0/s1. The average molecular weight is 420 g/mol. The second-order valence-electron chi connectivity index (χ2n) is 7.71. The Hall–Kier alpha value is -2.23. The highest BCUT2D eigenvalue weighted by molar-refractivity contribution is 7.89. The van der Waals surface area contributed by atoms with Crippen LogP contribution in [0.4, 0.5) is 5.69 Å². The summed E-state index contributed by atoms with van der Waals surface area (Å²) in [5, 5.41) is 12.4. The highest BCUT2D eigenvalue weighted by Crippen LogP contribution is 2.45. The molecular formula is C20H24N2O6S. The summed E-state index contributed by atoms with van der Waals surface area (Å²) in [5.41, 5.74) is 0.346. The van der Waals surface area contributed by atoms with Crippen molar-refractivity contribution < 1.29 is 27.9 Å². The van der Waals surface area contributed by atoms with Gasteiger partial charge < -0.3 is 15.2 Å². The number of benzene rings is 1. The van der Waals surface area contributed by atoms with Gasteiger partial charge in [0.1, 0.15) is 0 Å². The molecule has 4 atom stereocenters. The smallest absolute Gasteiger partial charge is 0.307 e. The molecule has 3 aliphatic carbocycles. The molecule has 4 aliphatic rings. The molecule has 2 N–H and O–H groups in total. The molecule has 1 saturated heterocycles. The number of ether oxygens (including phenoxy) is 1. The number of fused-ring (bicyclic) bond motifs is 2. The van der Waals surface area contributed by atoms with Gasteiger partial charge in [-0.25, -0.2) is 8.42 Å². The summed E-state index contributed by atoms with van der Waals surface area (Å²) in [6.45, 7) is 1.28. The SMILES string of the molecule is O=C(O)[C@@H]1[C@@H](C(=O)Nc2cccc(S(=O)(=O)N3CCOCC3)c2)[C@H]2C=C[C@H]1CC2. The van der Waals surface area contributed by atoms with Crippen molar-refractivity contribution in [3.05, 3.63) is 36.4 Å². The number of carbonyl (C=O) groups excluding carboxylic acids is 1. The molecular weight excluding hydrogens is 396 g/mol. The number of carboxylic acid groups (broad SMARTS) is 1. The Kier molecular flexibility index (Phi) is 5.46. The number of nitrogens with zero attached hydrogens (tertiary/aromatic N) is 1. The topological polar surface area (TPSA) is 113 Å². The van der Waals surface area contributed by atoms with Crippen LogP contribution in [0.15, 0.2) is 41.3 Å². The van der Waals surface area contributed by atoms with Crippen LogP contribution in [0.25, 0.3) is 0 Å². The minimum Gasteiger partial charge on any atom is -0.481 e. The Balaban J connectivity index is 1.54. The van der Waals surface area contributed by atoms with Crippen LogP contribution in [0.5, 0.6) is 0 Å². The highest BCUT2D eigenvalue weighted by Gasteiger charge is 2.48. The van der Waals surface area contributed by atoms with Gasteiger partial charge in [0.15, 0.2) is 0 Å². The molecule has 0 spiro atoms. The van der Waals surface area contributed by atoms with E-state index in [4.69, 9.17) is 4.74 Å². The third kappa shape index (κ3) is 3.82. The van der Waals surface area contributed by atoms with Crippen molar-refractivity contribution in [2.75, 3.05) is 31.6 Å². The summed E-state index contributed by atoms with van der Waals surface area (Å²) in [6.07, 6.45) is 5.41. The van der Waals surface area contributed by atoms with Crippen LogP contribution in [-0.2, 0) is 24.3 Å². The van der Waals surface area contributed by atoms with Crippen LogP contribution in [0.2, 0.25) is 0 Å². The lowest BCUT2D eigenvalue weighted by atomic mass is 9.62. The fourth-order valence-corrected chi connectivity index (χ4v) is 6.04. The van der Waals surface area contributed by atoms with Gasteiger partial charge in [-0.3, -0.25) is 9.59 Å². The van der Waals surface area contributed by atoms with Gasteiger partial charge in [-0.15, -0.1) is 0 Å². The van der Waals surface area contributed by atoms with Crippen LogP contribution in [0.3, 0.4) is 0 Å². The fraction of sp³-hybridized carbons (Fsp3) is 0.500. The summed E-state index contributed by atoms with van der Waals surface area (Å²) in [7, 11) is -3.68. The zero-order valence-corrected chi connectivity index (χ0v) is 16.7. The molecule has 5 rings (SSSR count). The molecule has 1 amide bonds. The normalized spacial score (nSPS) is 29.5. The first-order chi connectivity index (χ1) is 13.9. The number of nitrogens with one attached hydrogen (secondary N) is 1. The Morgan fingerprint density at radius 1 is 1.07 bits per heavy atom. The van der Waals surface area contributed by atoms with Gasteiger partial charge in [0, 0.05) is 18.8 Å². The molecule has 1 aromatic carbocycles. The molecule has 9 heteroatoms. The van der Waals surface area contributed by atoms with Gasteiger partial charge in [-0.05, 0) is 42.9 Å². The van der Waals surface area contributed by atoms with E-state index in [0.717, 1.165) is 12.8 Å². The van der Waals surface area contributed by atoms with Crippen LogP contribution >= 0.6 is 0 Å². The Morgan fingerprint density at radius 2 is 1.72 bits per heavy atom. The van der Waals surface area contributed by atoms with E-state index in [1.165, 1.54) is 16.4 Å². The number of anilines is 1. The number of carbonyl (C=O) groups is 2. The summed E-state index contributed by atoms with van der Waals surface area (Å²) < 4.78 is 32.3. The predicted molar refractivity (Wildman–Crippen MR) is 105 cm³/mol. The van der Waals surface area contributed by atoms with Crippen molar-refractivity contribution >= 4 is 27.6 Å². The molecule has 2 fully saturated rings. The highest BCUT2D eigenvalue weighted by atomic mass is 32.2. The molecule has 1 saturated carbocycles. The van der Waals surface area contributed by atoms with Gasteiger partial charge in [0.05, 0.1) is 29.9 Å². The zero-order valence-electron chi connectivity index (χ0n) is 15.9. The Bertz CT molecular complexity index is 938. The van der Waals surface area contributed by atoms with Gasteiger partial charge in [-0.1, -0.05) is 18.2 Å². The average Bonchev–Trinajstić information content (AvgIpc) is 2.74. The van der Waals surface area contributed by atoms with E-state index in [1.807, 2.05) is 12.2 Å². The molecule has 0 aromatic heterocycles. The monoisotopic (exact) mass is 420 g/mol. The Morgan fingerprint density at radius 3 is 2.34 bits per heavy atom. The first-order valence-electron chi connectivity index (χ1n) is 9.78. The molecule has 29 heavy (non-hydrogen) atoms. The Labute approximate surface area is 169 Å². The summed E-state index contributed by atoms with van der Waals surface area (Å²) in [6, 6.07) is 6.11.